The zero-order chi connectivity index (χ0) is 20.6. The quantitative estimate of drug-likeness (QED) is 0.761. The minimum Gasteiger partial charge on any atom is -0.491 e. The molecule has 0 aliphatic carbocycles. The highest BCUT2D eigenvalue weighted by Crippen LogP contribution is 2.24. The van der Waals surface area contributed by atoms with Crippen LogP contribution in [0.3, 0.4) is 0 Å². The topological polar surface area (TPSA) is 49.9 Å². The van der Waals surface area contributed by atoms with Gasteiger partial charge in [0.2, 0.25) is 5.91 Å². The van der Waals surface area contributed by atoms with Gasteiger partial charge in [0.15, 0.2) is 0 Å². The second-order valence-electron chi connectivity index (χ2n) is 7.29. The molecular formula is C23H27ClN2O3. The average Bonchev–Trinajstić information content (AvgIpc) is 2.73. The van der Waals surface area contributed by atoms with Crippen LogP contribution in [-0.4, -0.2) is 54.9 Å². The molecule has 1 aliphatic rings. The molecule has 6 heteroatoms. The number of amides is 2. The second kappa shape index (κ2) is 10.3. The average molecular weight is 415 g/mol. The summed E-state index contributed by atoms with van der Waals surface area (Å²) in [5, 5.41) is 0.499. The van der Waals surface area contributed by atoms with Crippen molar-refractivity contribution in [3.63, 3.8) is 0 Å². The number of carbonyl (C=O) groups is 2. The molecule has 5 nitrogen and oxygen atoms in total. The summed E-state index contributed by atoms with van der Waals surface area (Å²) in [6.45, 7) is 2.13. The molecule has 2 aromatic carbocycles. The standard InChI is InChI=1S/C23H27ClN2O3/c1-25-13-5-6-14-26(22(27)12-9-18-7-3-2-4-8-18)15-16-29-21-11-10-19(24)17-20(21)23(25)28/h2-4,7-8,10-11,17H,5-6,9,12-16H2,1H3. The number of nitrogens with zero attached hydrogens (tertiary/aromatic N) is 2. The Kier molecular flexibility index (Phi) is 7.53. The molecule has 154 valence electrons. The van der Waals surface area contributed by atoms with Gasteiger partial charge in [0.1, 0.15) is 12.4 Å². The molecule has 1 heterocycles. The summed E-state index contributed by atoms with van der Waals surface area (Å²) in [5.41, 5.74) is 1.62. The van der Waals surface area contributed by atoms with Crippen LogP contribution in [0.15, 0.2) is 48.5 Å². The van der Waals surface area contributed by atoms with Crippen molar-refractivity contribution in [2.75, 3.05) is 33.3 Å². The van der Waals surface area contributed by atoms with Crippen molar-refractivity contribution in [2.45, 2.75) is 25.7 Å². The molecule has 0 bridgehead atoms. The third-order valence-electron chi connectivity index (χ3n) is 5.13. The lowest BCUT2D eigenvalue weighted by atomic mass is 10.1. The molecule has 0 aromatic heterocycles. The number of aryl methyl sites for hydroxylation is 1. The molecule has 0 unspecified atom stereocenters. The van der Waals surface area contributed by atoms with Gasteiger partial charge in [-0.25, -0.2) is 0 Å². The van der Waals surface area contributed by atoms with Crippen molar-refractivity contribution < 1.29 is 14.3 Å². The molecule has 2 amide bonds. The summed E-state index contributed by atoms with van der Waals surface area (Å²) in [7, 11) is 1.78. The van der Waals surface area contributed by atoms with Crippen LogP contribution in [-0.2, 0) is 11.2 Å². The smallest absolute Gasteiger partial charge is 0.257 e. The van der Waals surface area contributed by atoms with Gasteiger partial charge in [-0.3, -0.25) is 9.59 Å². The van der Waals surface area contributed by atoms with Gasteiger partial charge in [0.25, 0.3) is 5.91 Å². The van der Waals surface area contributed by atoms with Gasteiger partial charge in [-0.15, -0.1) is 0 Å². The fraction of sp³-hybridized carbons (Fsp3) is 0.391. The van der Waals surface area contributed by atoms with E-state index < -0.39 is 0 Å². The predicted molar refractivity (Wildman–Crippen MR) is 114 cm³/mol. The summed E-state index contributed by atoms with van der Waals surface area (Å²) in [4.78, 5) is 29.1. The number of halogens is 1. The Balaban J connectivity index is 1.67. The highest BCUT2D eigenvalue weighted by atomic mass is 35.5. The molecule has 0 saturated carbocycles. The molecule has 3 rings (SSSR count). The Bertz CT molecular complexity index is 841. The van der Waals surface area contributed by atoms with E-state index in [0.717, 1.165) is 24.8 Å². The lowest BCUT2D eigenvalue weighted by molar-refractivity contribution is -0.131. The van der Waals surface area contributed by atoms with Gasteiger partial charge in [0.05, 0.1) is 12.1 Å². The van der Waals surface area contributed by atoms with Gasteiger partial charge in [-0.2, -0.15) is 0 Å². The van der Waals surface area contributed by atoms with E-state index in [1.54, 1.807) is 30.1 Å². The van der Waals surface area contributed by atoms with Crippen molar-refractivity contribution >= 4 is 23.4 Å². The predicted octanol–water partition coefficient (Wildman–Crippen LogP) is 4.05. The van der Waals surface area contributed by atoms with Crippen molar-refractivity contribution in [2.24, 2.45) is 0 Å². The van der Waals surface area contributed by atoms with Crippen LogP contribution in [0.25, 0.3) is 0 Å². The molecule has 0 N–H and O–H groups in total. The van der Waals surface area contributed by atoms with E-state index in [0.29, 0.717) is 49.0 Å². The number of carbonyl (C=O) groups excluding carboxylic acids is 2. The first kappa shape index (κ1) is 21.2. The van der Waals surface area contributed by atoms with Crippen molar-refractivity contribution in [3.05, 3.63) is 64.7 Å². The first-order valence-electron chi connectivity index (χ1n) is 10.0. The molecule has 2 aromatic rings. The van der Waals surface area contributed by atoms with E-state index in [9.17, 15) is 9.59 Å². The highest BCUT2D eigenvalue weighted by molar-refractivity contribution is 6.31. The lowest BCUT2D eigenvalue weighted by Crippen LogP contribution is -2.37. The van der Waals surface area contributed by atoms with Gasteiger partial charge < -0.3 is 14.5 Å². The normalized spacial score (nSPS) is 15.7. The maximum absolute atomic E-state index is 12.8. The van der Waals surface area contributed by atoms with E-state index >= 15 is 0 Å². The van der Waals surface area contributed by atoms with Crippen LogP contribution in [0.2, 0.25) is 5.02 Å². The number of fused-ring (bicyclic) bond motifs is 1. The molecule has 0 atom stereocenters. The Morgan fingerprint density at radius 1 is 1.07 bits per heavy atom. The minimum absolute atomic E-state index is 0.0983. The first-order chi connectivity index (χ1) is 14.0. The molecule has 1 aliphatic heterocycles. The summed E-state index contributed by atoms with van der Waals surface area (Å²) >= 11 is 6.09. The summed E-state index contributed by atoms with van der Waals surface area (Å²) in [6.07, 6.45) is 2.89. The van der Waals surface area contributed by atoms with Crippen LogP contribution in [0.4, 0.5) is 0 Å². The Morgan fingerprint density at radius 2 is 1.83 bits per heavy atom. The summed E-state index contributed by atoms with van der Waals surface area (Å²) in [6, 6.07) is 15.1. The van der Waals surface area contributed by atoms with Gasteiger partial charge >= 0.3 is 0 Å². The molecule has 0 spiro atoms. The SMILES string of the molecule is CN1CCCCN(C(=O)CCc2ccccc2)CCOc2ccc(Cl)cc2C1=O. The maximum atomic E-state index is 12.8. The van der Waals surface area contributed by atoms with Gasteiger partial charge in [-0.1, -0.05) is 41.9 Å². The van der Waals surface area contributed by atoms with Gasteiger partial charge in [0, 0.05) is 31.6 Å². The number of ether oxygens (including phenoxy) is 1. The Hall–Kier alpha value is -2.53. The Morgan fingerprint density at radius 3 is 2.62 bits per heavy atom. The Labute approximate surface area is 177 Å². The first-order valence-corrected chi connectivity index (χ1v) is 10.4. The zero-order valence-corrected chi connectivity index (χ0v) is 17.5. The van der Waals surface area contributed by atoms with Crippen molar-refractivity contribution in [1.82, 2.24) is 9.80 Å². The third-order valence-corrected chi connectivity index (χ3v) is 5.37. The number of hydrogen-bond acceptors (Lipinski definition) is 3. The van der Waals surface area contributed by atoms with Crippen molar-refractivity contribution in [1.29, 1.82) is 0 Å². The van der Waals surface area contributed by atoms with Crippen LogP contribution >= 0.6 is 11.6 Å². The van der Waals surface area contributed by atoms with Crippen LogP contribution in [0.1, 0.15) is 35.2 Å². The maximum Gasteiger partial charge on any atom is 0.257 e. The van der Waals surface area contributed by atoms with Crippen LogP contribution in [0.5, 0.6) is 5.75 Å². The number of rotatable bonds is 3. The molecule has 0 fully saturated rings. The summed E-state index contributed by atoms with van der Waals surface area (Å²) < 4.78 is 5.88. The van der Waals surface area contributed by atoms with E-state index in [4.69, 9.17) is 16.3 Å². The minimum atomic E-state index is -0.0983. The monoisotopic (exact) mass is 414 g/mol. The summed E-state index contributed by atoms with van der Waals surface area (Å²) in [5.74, 6) is 0.539. The van der Waals surface area contributed by atoms with Crippen LogP contribution < -0.4 is 4.74 Å². The number of hydrogen-bond donors (Lipinski definition) is 0. The van der Waals surface area contributed by atoms with Gasteiger partial charge in [-0.05, 0) is 43.0 Å². The molecule has 0 saturated heterocycles. The fourth-order valence-corrected chi connectivity index (χ4v) is 3.61. The van der Waals surface area contributed by atoms with Crippen LogP contribution in [0, 0.1) is 0 Å². The molecule has 29 heavy (non-hydrogen) atoms. The zero-order valence-electron chi connectivity index (χ0n) is 16.8. The van der Waals surface area contributed by atoms with E-state index in [1.165, 1.54) is 0 Å². The van der Waals surface area contributed by atoms with E-state index in [-0.39, 0.29) is 11.8 Å². The molecule has 0 radical (unpaired) electrons. The van der Waals surface area contributed by atoms with E-state index in [2.05, 4.69) is 0 Å². The van der Waals surface area contributed by atoms with Crippen molar-refractivity contribution in [3.8, 4) is 5.75 Å². The second-order valence-corrected chi connectivity index (χ2v) is 7.73. The highest BCUT2D eigenvalue weighted by Gasteiger charge is 2.20. The van der Waals surface area contributed by atoms with E-state index in [1.807, 2.05) is 35.2 Å². The number of benzene rings is 2. The third kappa shape index (κ3) is 5.97. The largest absolute Gasteiger partial charge is 0.491 e. The lowest BCUT2D eigenvalue weighted by Gasteiger charge is -2.26. The molecular weight excluding hydrogens is 388 g/mol. The fourth-order valence-electron chi connectivity index (χ4n) is 3.44.